The van der Waals surface area contributed by atoms with Crippen molar-refractivity contribution in [2.45, 2.75) is 64.4 Å². The summed E-state index contributed by atoms with van der Waals surface area (Å²) in [6.45, 7) is 10.3. The molecule has 4 heteroatoms. The van der Waals surface area contributed by atoms with E-state index in [2.05, 4.69) is 43.6 Å². The Balaban J connectivity index is 2.28. The minimum Gasteiger partial charge on any atom is -0.487 e. The van der Waals surface area contributed by atoms with E-state index < -0.39 is 0 Å². The third-order valence-corrected chi connectivity index (χ3v) is 4.22. The van der Waals surface area contributed by atoms with Crippen LogP contribution in [0.1, 0.15) is 52.6 Å². The first kappa shape index (κ1) is 15.8. The first-order valence-electron chi connectivity index (χ1n) is 7.02. The van der Waals surface area contributed by atoms with Crippen LogP contribution in [0, 0.1) is 0 Å². The van der Waals surface area contributed by atoms with Crippen molar-refractivity contribution in [2.24, 2.45) is 5.73 Å². The lowest BCUT2D eigenvalue weighted by molar-refractivity contribution is -0.0847. The Morgan fingerprint density at radius 2 is 2.00 bits per heavy atom. The summed E-state index contributed by atoms with van der Waals surface area (Å²) in [5.74, 6) is 0.841. The molecule has 0 saturated carbocycles. The average molecular weight is 342 g/mol. The Kier molecular flexibility index (Phi) is 4.20. The third kappa shape index (κ3) is 3.35. The quantitative estimate of drug-likeness (QED) is 0.896. The first-order chi connectivity index (χ1) is 9.11. The number of nitrogens with two attached hydrogens (primary N) is 1. The summed E-state index contributed by atoms with van der Waals surface area (Å²) in [6.07, 6.45) is 0.884. The van der Waals surface area contributed by atoms with Gasteiger partial charge in [-0.05, 0) is 46.8 Å². The van der Waals surface area contributed by atoms with Gasteiger partial charge in [-0.3, -0.25) is 0 Å². The highest BCUT2D eigenvalue weighted by atomic mass is 79.9. The van der Waals surface area contributed by atoms with E-state index >= 15 is 0 Å². The Morgan fingerprint density at radius 1 is 1.35 bits per heavy atom. The second-order valence-electron chi connectivity index (χ2n) is 6.75. The molecule has 1 aromatic carbocycles. The summed E-state index contributed by atoms with van der Waals surface area (Å²) in [5, 5.41) is 0. The summed E-state index contributed by atoms with van der Waals surface area (Å²) >= 11 is 3.49. The van der Waals surface area contributed by atoms with E-state index in [0.717, 1.165) is 22.2 Å². The fraction of sp³-hybridized carbons (Fsp3) is 0.625. The smallest absolute Gasteiger partial charge is 0.130 e. The van der Waals surface area contributed by atoms with Gasteiger partial charge in [-0.2, -0.15) is 0 Å². The summed E-state index contributed by atoms with van der Waals surface area (Å²) < 4.78 is 13.3. The van der Waals surface area contributed by atoms with Crippen LogP contribution >= 0.6 is 15.9 Å². The number of ether oxygens (including phenoxy) is 2. The van der Waals surface area contributed by atoms with Gasteiger partial charge in [-0.1, -0.05) is 22.0 Å². The van der Waals surface area contributed by atoms with Gasteiger partial charge in [0.15, 0.2) is 0 Å². The van der Waals surface area contributed by atoms with E-state index in [1.54, 1.807) is 0 Å². The molecule has 1 aliphatic rings. The third-order valence-electron chi connectivity index (χ3n) is 3.73. The Labute approximate surface area is 130 Å². The second kappa shape index (κ2) is 5.32. The van der Waals surface area contributed by atoms with Crippen LogP contribution in [0.4, 0.5) is 0 Å². The molecule has 0 radical (unpaired) electrons. The van der Waals surface area contributed by atoms with Crippen molar-refractivity contribution in [2.75, 3.05) is 0 Å². The van der Waals surface area contributed by atoms with Gasteiger partial charge >= 0.3 is 0 Å². The van der Waals surface area contributed by atoms with E-state index in [1.165, 1.54) is 0 Å². The van der Waals surface area contributed by atoms with E-state index in [0.29, 0.717) is 0 Å². The van der Waals surface area contributed by atoms with Gasteiger partial charge < -0.3 is 15.2 Å². The largest absolute Gasteiger partial charge is 0.487 e. The molecule has 1 aromatic rings. The molecular formula is C16H24BrNO2. The number of benzene rings is 1. The van der Waals surface area contributed by atoms with Crippen LogP contribution in [-0.2, 0) is 4.74 Å². The maximum atomic E-state index is 6.26. The number of hydrogen-bond donors (Lipinski definition) is 1. The highest BCUT2D eigenvalue weighted by Gasteiger charge is 2.47. The predicted octanol–water partition coefficient (Wildman–Crippen LogP) is 4.19. The van der Waals surface area contributed by atoms with Gasteiger partial charge in [-0.15, -0.1) is 0 Å². The van der Waals surface area contributed by atoms with Crippen molar-refractivity contribution in [1.29, 1.82) is 0 Å². The SMILES string of the molecule is C[C@@H](N)c1ccc(Br)cc1OC1CC(C)(C)OC1(C)C. The molecular weight excluding hydrogens is 318 g/mol. The zero-order valence-corrected chi connectivity index (χ0v) is 14.5. The zero-order valence-electron chi connectivity index (χ0n) is 12.9. The molecule has 112 valence electrons. The molecule has 2 atom stereocenters. The summed E-state index contributed by atoms with van der Waals surface area (Å²) in [4.78, 5) is 0. The maximum Gasteiger partial charge on any atom is 0.130 e. The van der Waals surface area contributed by atoms with Crippen molar-refractivity contribution < 1.29 is 9.47 Å². The highest BCUT2D eigenvalue weighted by molar-refractivity contribution is 9.10. The molecule has 1 fully saturated rings. The average Bonchev–Trinajstić information content (AvgIpc) is 2.46. The van der Waals surface area contributed by atoms with Crippen molar-refractivity contribution >= 4 is 15.9 Å². The molecule has 1 aliphatic heterocycles. The van der Waals surface area contributed by atoms with Gasteiger partial charge in [0, 0.05) is 22.5 Å². The molecule has 1 unspecified atom stereocenters. The van der Waals surface area contributed by atoms with Crippen LogP contribution in [0.5, 0.6) is 5.75 Å². The number of halogens is 1. The van der Waals surface area contributed by atoms with Gasteiger partial charge in [0.2, 0.25) is 0 Å². The molecule has 0 aromatic heterocycles. The lowest BCUT2D eigenvalue weighted by atomic mass is 9.97. The van der Waals surface area contributed by atoms with Crippen LogP contribution < -0.4 is 10.5 Å². The molecule has 3 nitrogen and oxygen atoms in total. The van der Waals surface area contributed by atoms with Gasteiger partial charge in [0.05, 0.1) is 5.60 Å². The molecule has 2 rings (SSSR count). The fourth-order valence-corrected chi connectivity index (χ4v) is 3.18. The zero-order chi connectivity index (χ0) is 15.1. The Morgan fingerprint density at radius 3 is 2.50 bits per heavy atom. The molecule has 0 amide bonds. The van der Waals surface area contributed by atoms with Crippen LogP contribution in [0.25, 0.3) is 0 Å². The van der Waals surface area contributed by atoms with Crippen molar-refractivity contribution in [1.82, 2.24) is 0 Å². The van der Waals surface area contributed by atoms with Crippen molar-refractivity contribution in [3.8, 4) is 5.75 Å². The van der Waals surface area contributed by atoms with Gasteiger partial charge in [-0.25, -0.2) is 0 Å². The van der Waals surface area contributed by atoms with Crippen molar-refractivity contribution in [3.05, 3.63) is 28.2 Å². The van der Waals surface area contributed by atoms with E-state index in [9.17, 15) is 0 Å². The molecule has 20 heavy (non-hydrogen) atoms. The highest BCUT2D eigenvalue weighted by Crippen LogP contribution is 2.41. The topological polar surface area (TPSA) is 44.5 Å². The summed E-state index contributed by atoms with van der Waals surface area (Å²) in [7, 11) is 0. The first-order valence-corrected chi connectivity index (χ1v) is 7.82. The molecule has 0 bridgehead atoms. The van der Waals surface area contributed by atoms with Gasteiger partial charge in [0.1, 0.15) is 17.5 Å². The maximum absolute atomic E-state index is 6.26. The normalized spacial score (nSPS) is 25.4. The van der Waals surface area contributed by atoms with Crippen LogP contribution in [0.15, 0.2) is 22.7 Å². The molecule has 1 heterocycles. The Hall–Kier alpha value is -0.580. The van der Waals surface area contributed by atoms with E-state index in [1.807, 2.05) is 25.1 Å². The second-order valence-corrected chi connectivity index (χ2v) is 7.66. The van der Waals surface area contributed by atoms with E-state index in [-0.39, 0.29) is 23.3 Å². The molecule has 2 N–H and O–H groups in total. The summed E-state index contributed by atoms with van der Waals surface area (Å²) in [5.41, 5.74) is 6.59. The minimum absolute atomic E-state index is 0.0179. The lowest BCUT2D eigenvalue weighted by Crippen LogP contribution is -2.37. The van der Waals surface area contributed by atoms with Gasteiger partial charge in [0.25, 0.3) is 0 Å². The predicted molar refractivity (Wildman–Crippen MR) is 85.0 cm³/mol. The fourth-order valence-electron chi connectivity index (χ4n) is 2.84. The van der Waals surface area contributed by atoms with Crippen molar-refractivity contribution in [3.63, 3.8) is 0 Å². The van der Waals surface area contributed by atoms with E-state index in [4.69, 9.17) is 15.2 Å². The van der Waals surface area contributed by atoms with Crippen LogP contribution in [-0.4, -0.2) is 17.3 Å². The Bertz CT molecular complexity index is 497. The standard InChI is InChI=1S/C16H24BrNO2/c1-10(18)12-7-6-11(17)8-13(12)19-14-9-15(2,3)20-16(14,4)5/h6-8,10,14H,9,18H2,1-5H3/t10-,14?/m1/s1. The van der Waals surface area contributed by atoms with Crippen LogP contribution in [0.2, 0.25) is 0 Å². The lowest BCUT2D eigenvalue weighted by Gasteiger charge is -2.28. The minimum atomic E-state index is -0.305. The summed E-state index contributed by atoms with van der Waals surface area (Å²) in [6, 6.07) is 5.93. The molecule has 1 saturated heterocycles. The van der Waals surface area contributed by atoms with Crippen LogP contribution in [0.3, 0.4) is 0 Å². The monoisotopic (exact) mass is 341 g/mol. The molecule has 0 aliphatic carbocycles. The number of rotatable bonds is 3. The number of hydrogen-bond acceptors (Lipinski definition) is 3. The molecule has 0 spiro atoms.